The third kappa shape index (κ3) is 8.10. The van der Waals surface area contributed by atoms with Crippen molar-refractivity contribution in [3.63, 3.8) is 0 Å². The van der Waals surface area contributed by atoms with Gasteiger partial charge in [-0.1, -0.05) is 41.4 Å². The number of carbonyl (C=O) groups is 2. The molecule has 0 aliphatic rings. The van der Waals surface area contributed by atoms with E-state index < -0.39 is 22.5 Å². The number of hydrogen-bond donors (Lipinski definition) is 2. The van der Waals surface area contributed by atoms with Crippen molar-refractivity contribution in [2.75, 3.05) is 29.0 Å². The third-order valence-electron chi connectivity index (χ3n) is 4.81. The number of anilines is 2. The minimum absolute atomic E-state index is 0.202. The maximum atomic E-state index is 12.3. The van der Waals surface area contributed by atoms with Gasteiger partial charge >= 0.3 is 0 Å². The highest BCUT2D eigenvalue weighted by atomic mass is 35.5. The second-order valence-electron chi connectivity index (χ2n) is 7.78. The molecule has 2 amide bonds. The largest absolute Gasteiger partial charge is 0.484 e. The minimum atomic E-state index is -3.67. The number of para-hydroxylation sites is 1. The molecular formula is C25H25ClN4O5S. The van der Waals surface area contributed by atoms with Crippen LogP contribution in [0.15, 0.2) is 77.9 Å². The highest BCUT2D eigenvalue weighted by Crippen LogP contribution is 2.20. The lowest BCUT2D eigenvalue weighted by molar-refractivity contribution is -0.119. The average molecular weight is 529 g/mol. The van der Waals surface area contributed by atoms with E-state index in [0.717, 1.165) is 16.1 Å². The van der Waals surface area contributed by atoms with Gasteiger partial charge < -0.3 is 10.1 Å². The van der Waals surface area contributed by atoms with Crippen LogP contribution in [0.4, 0.5) is 11.4 Å². The van der Waals surface area contributed by atoms with Crippen LogP contribution in [0, 0.1) is 6.92 Å². The van der Waals surface area contributed by atoms with Crippen molar-refractivity contribution in [1.82, 2.24) is 5.43 Å². The summed E-state index contributed by atoms with van der Waals surface area (Å²) in [5.41, 5.74) is 4.84. The Labute approximate surface area is 214 Å². The molecule has 0 saturated heterocycles. The van der Waals surface area contributed by atoms with Crippen LogP contribution in [0.25, 0.3) is 0 Å². The van der Waals surface area contributed by atoms with Gasteiger partial charge in [0.1, 0.15) is 12.3 Å². The molecule has 9 nitrogen and oxygen atoms in total. The zero-order valence-corrected chi connectivity index (χ0v) is 21.2. The van der Waals surface area contributed by atoms with Crippen LogP contribution in [-0.2, 0) is 19.6 Å². The molecular weight excluding hydrogens is 504 g/mol. The van der Waals surface area contributed by atoms with Crippen LogP contribution in [0.3, 0.4) is 0 Å². The van der Waals surface area contributed by atoms with Crippen LogP contribution >= 0.6 is 11.6 Å². The Kier molecular flexibility index (Phi) is 9.04. The number of nitrogens with zero attached hydrogens (tertiary/aromatic N) is 2. The zero-order valence-electron chi connectivity index (χ0n) is 19.6. The molecule has 3 aromatic carbocycles. The van der Waals surface area contributed by atoms with Gasteiger partial charge in [0.2, 0.25) is 10.0 Å². The highest BCUT2D eigenvalue weighted by molar-refractivity contribution is 7.92. The second kappa shape index (κ2) is 12.2. The topological polar surface area (TPSA) is 117 Å². The number of amides is 2. The van der Waals surface area contributed by atoms with E-state index in [4.69, 9.17) is 16.3 Å². The van der Waals surface area contributed by atoms with Crippen molar-refractivity contribution in [2.24, 2.45) is 5.10 Å². The molecule has 0 spiro atoms. The summed E-state index contributed by atoms with van der Waals surface area (Å²) in [5.74, 6) is -0.487. The number of carbonyl (C=O) groups excluding carboxylic acids is 2. The first-order chi connectivity index (χ1) is 17.1. The quantitative estimate of drug-likeness (QED) is 0.308. The Morgan fingerprint density at radius 2 is 1.67 bits per heavy atom. The number of benzene rings is 3. The van der Waals surface area contributed by atoms with E-state index in [1.54, 1.807) is 72.8 Å². The lowest BCUT2D eigenvalue weighted by Gasteiger charge is -2.21. The predicted molar refractivity (Wildman–Crippen MR) is 141 cm³/mol. The molecule has 0 aromatic heterocycles. The molecule has 0 saturated carbocycles. The van der Waals surface area contributed by atoms with Gasteiger partial charge in [-0.05, 0) is 61.0 Å². The molecule has 0 bridgehead atoms. The fourth-order valence-electron chi connectivity index (χ4n) is 3.00. The van der Waals surface area contributed by atoms with Crippen molar-refractivity contribution >= 4 is 51.0 Å². The first-order valence-corrected chi connectivity index (χ1v) is 13.0. The van der Waals surface area contributed by atoms with E-state index in [-0.39, 0.29) is 12.5 Å². The Balaban J connectivity index is 1.49. The summed E-state index contributed by atoms with van der Waals surface area (Å²) in [7, 11) is -3.67. The number of sulfonamides is 1. The Morgan fingerprint density at radius 1 is 1.00 bits per heavy atom. The lowest BCUT2D eigenvalue weighted by Crippen LogP contribution is -2.39. The van der Waals surface area contributed by atoms with Gasteiger partial charge in [-0.3, -0.25) is 13.9 Å². The number of nitrogens with one attached hydrogen (secondary N) is 2. The van der Waals surface area contributed by atoms with Gasteiger partial charge in [-0.2, -0.15) is 5.10 Å². The van der Waals surface area contributed by atoms with E-state index in [1.807, 2.05) is 6.92 Å². The van der Waals surface area contributed by atoms with Crippen molar-refractivity contribution in [2.45, 2.75) is 6.92 Å². The monoisotopic (exact) mass is 528 g/mol. The van der Waals surface area contributed by atoms with Gasteiger partial charge in [0.15, 0.2) is 6.61 Å². The molecule has 36 heavy (non-hydrogen) atoms. The van der Waals surface area contributed by atoms with Crippen molar-refractivity contribution in [3.05, 3.63) is 88.9 Å². The van der Waals surface area contributed by atoms with Gasteiger partial charge in [-0.25, -0.2) is 13.8 Å². The average Bonchev–Trinajstić information content (AvgIpc) is 2.83. The molecule has 3 rings (SSSR count). The SMILES string of the molecule is Cc1ccc(N(CC(=O)N/N=C\c2ccc(OCC(=O)Nc3ccccc3Cl)cc2)S(C)(=O)=O)cc1. The summed E-state index contributed by atoms with van der Waals surface area (Å²) in [4.78, 5) is 24.3. The van der Waals surface area contributed by atoms with E-state index in [1.165, 1.54) is 6.21 Å². The van der Waals surface area contributed by atoms with Crippen LogP contribution in [0.2, 0.25) is 5.02 Å². The molecule has 3 aromatic rings. The molecule has 0 radical (unpaired) electrons. The number of hydrazone groups is 1. The molecule has 11 heteroatoms. The Bertz CT molecular complexity index is 1340. The van der Waals surface area contributed by atoms with Crippen LogP contribution in [0.1, 0.15) is 11.1 Å². The molecule has 0 heterocycles. The summed E-state index contributed by atoms with van der Waals surface area (Å²) in [6, 6.07) is 20.4. The summed E-state index contributed by atoms with van der Waals surface area (Å²) < 4.78 is 30.8. The lowest BCUT2D eigenvalue weighted by atomic mass is 10.2. The van der Waals surface area contributed by atoms with E-state index in [2.05, 4.69) is 15.8 Å². The Morgan fingerprint density at radius 3 is 2.31 bits per heavy atom. The predicted octanol–water partition coefficient (Wildman–Crippen LogP) is 3.58. The molecule has 0 fully saturated rings. The van der Waals surface area contributed by atoms with Gasteiger partial charge in [0.25, 0.3) is 11.8 Å². The maximum Gasteiger partial charge on any atom is 0.262 e. The van der Waals surface area contributed by atoms with E-state index in [0.29, 0.717) is 27.7 Å². The molecule has 0 atom stereocenters. The standard InChI is InChI=1S/C25H25ClN4O5S/c1-18-7-11-20(12-8-18)30(36(2,33)34)16-24(31)29-27-15-19-9-13-21(14-10-19)35-17-25(32)28-23-6-4-3-5-22(23)26/h3-15H,16-17H2,1-2H3,(H,28,32)(H,29,31)/b27-15-. The van der Waals surface area contributed by atoms with Crippen molar-refractivity contribution in [3.8, 4) is 5.75 Å². The summed E-state index contributed by atoms with van der Waals surface area (Å²) in [5, 5.41) is 6.98. The number of rotatable bonds is 10. The highest BCUT2D eigenvalue weighted by Gasteiger charge is 2.20. The van der Waals surface area contributed by atoms with Crippen LogP contribution < -0.4 is 19.8 Å². The van der Waals surface area contributed by atoms with E-state index >= 15 is 0 Å². The second-order valence-corrected chi connectivity index (χ2v) is 10.1. The number of ether oxygens (including phenoxy) is 1. The third-order valence-corrected chi connectivity index (χ3v) is 6.28. The smallest absolute Gasteiger partial charge is 0.262 e. The number of halogens is 1. The van der Waals surface area contributed by atoms with Crippen LogP contribution in [0.5, 0.6) is 5.75 Å². The molecule has 2 N–H and O–H groups in total. The first kappa shape index (κ1) is 26.7. The van der Waals surface area contributed by atoms with Gasteiger partial charge in [-0.15, -0.1) is 0 Å². The number of hydrogen-bond acceptors (Lipinski definition) is 6. The van der Waals surface area contributed by atoms with Crippen LogP contribution in [-0.4, -0.2) is 45.9 Å². The summed E-state index contributed by atoms with van der Waals surface area (Å²) in [6.07, 6.45) is 2.44. The fraction of sp³-hybridized carbons (Fsp3) is 0.160. The van der Waals surface area contributed by atoms with Crippen molar-refractivity contribution < 1.29 is 22.7 Å². The maximum absolute atomic E-state index is 12.3. The summed E-state index contributed by atoms with van der Waals surface area (Å²) in [6.45, 7) is 1.27. The number of aryl methyl sites for hydroxylation is 1. The van der Waals surface area contributed by atoms with Gasteiger partial charge in [0, 0.05) is 0 Å². The normalized spacial score (nSPS) is 11.2. The minimum Gasteiger partial charge on any atom is -0.484 e. The fourth-order valence-corrected chi connectivity index (χ4v) is 4.04. The van der Waals surface area contributed by atoms with Crippen molar-refractivity contribution in [1.29, 1.82) is 0 Å². The molecule has 0 unspecified atom stereocenters. The Hall–Kier alpha value is -3.89. The first-order valence-electron chi connectivity index (χ1n) is 10.8. The molecule has 0 aliphatic heterocycles. The van der Waals surface area contributed by atoms with E-state index in [9.17, 15) is 18.0 Å². The zero-order chi connectivity index (χ0) is 26.1. The molecule has 0 aliphatic carbocycles. The summed E-state index contributed by atoms with van der Waals surface area (Å²) >= 11 is 6.02. The van der Waals surface area contributed by atoms with Gasteiger partial charge in [0.05, 0.1) is 28.9 Å². The molecule has 188 valence electrons.